The van der Waals surface area contributed by atoms with Crippen LogP contribution in [0.2, 0.25) is 0 Å². The molecule has 0 spiro atoms. The zero-order valence-electron chi connectivity index (χ0n) is 18.2. The minimum Gasteiger partial charge on any atom is -0.355 e. The Balaban J connectivity index is 1.48. The molecule has 0 saturated carbocycles. The van der Waals surface area contributed by atoms with E-state index in [-0.39, 0.29) is 0 Å². The van der Waals surface area contributed by atoms with E-state index in [0.29, 0.717) is 6.17 Å². The van der Waals surface area contributed by atoms with Crippen LogP contribution in [0.25, 0.3) is 0 Å². The Kier molecular flexibility index (Phi) is 9.16. The first-order chi connectivity index (χ1) is 14.4. The van der Waals surface area contributed by atoms with E-state index in [1.54, 1.807) is 0 Å². The molecule has 0 radical (unpaired) electrons. The van der Waals surface area contributed by atoms with E-state index >= 15 is 0 Å². The maximum Gasteiger partial charge on any atom is 0.109 e. The fourth-order valence-corrected chi connectivity index (χ4v) is 4.24. The van der Waals surface area contributed by atoms with Crippen LogP contribution >= 0.6 is 0 Å². The number of hydrogen-bond acceptors (Lipinski definition) is 2. The summed E-state index contributed by atoms with van der Waals surface area (Å²) in [6.07, 6.45) is 18.4. The molecule has 0 N–H and O–H groups in total. The van der Waals surface area contributed by atoms with Crippen LogP contribution in [0.15, 0.2) is 73.1 Å². The summed E-state index contributed by atoms with van der Waals surface area (Å²) in [5.41, 5.74) is 2.68. The number of nitrogens with zero attached hydrogens (tertiary/aromatic N) is 2. The highest BCUT2D eigenvalue weighted by atomic mass is 15.4. The average Bonchev–Trinajstić information content (AvgIpc) is 3.16. The molecule has 3 rings (SSSR count). The van der Waals surface area contributed by atoms with Crippen molar-refractivity contribution in [1.29, 1.82) is 0 Å². The van der Waals surface area contributed by atoms with Crippen molar-refractivity contribution in [2.45, 2.75) is 77.3 Å². The van der Waals surface area contributed by atoms with Gasteiger partial charge in [-0.1, -0.05) is 107 Å². The van der Waals surface area contributed by atoms with E-state index in [0.717, 1.165) is 13.0 Å². The van der Waals surface area contributed by atoms with Crippen molar-refractivity contribution in [2.75, 3.05) is 11.4 Å². The lowest BCUT2D eigenvalue weighted by Gasteiger charge is -2.33. The van der Waals surface area contributed by atoms with Crippen LogP contribution in [0.5, 0.6) is 0 Å². The average molecular weight is 391 g/mol. The molecule has 2 aromatic carbocycles. The van der Waals surface area contributed by atoms with Crippen LogP contribution in [0.3, 0.4) is 0 Å². The van der Waals surface area contributed by atoms with Crippen LogP contribution in [-0.2, 0) is 6.42 Å². The van der Waals surface area contributed by atoms with Crippen molar-refractivity contribution in [1.82, 2.24) is 4.90 Å². The van der Waals surface area contributed by atoms with Crippen molar-refractivity contribution in [2.24, 2.45) is 0 Å². The number of para-hydroxylation sites is 1. The predicted molar refractivity (Wildman–Crippen MR) is 126 cm³/mol. The zero-order chi connectivity index (χ0) is 20.2. The maximum absolute atomic E-state index is 2.54. The van der Waals surface area contributed by atoms with Gasteiger partial charge in [-0.25, -0.2) is 0 Å². The molecular weight excluding hydrogens is 352 g/mol. The third-order valence-electron chi connectivity index (χ3n) is 5.96. The molecule has 2 heteroatoms. The van der Waals surface area contributed by atoms with Crippen LogP contribution in [0.4, 0.5) is 5.69 Å². The Morgan fingerprint density at radius 2 is 1.24 bits per heavy atom. The molecular formula is C27H38N2. The lowest BCUT2D eigenvalue weighted by atomic mass is 10.1. The fourth-order valence-electron chi connectivity index (χ4n) is 4.24. The normalized spacial score (nSPS) is 16.0. The third-order valence-corrected chi connectivity index (χ3v) is 5.96. The molecule has 0 aromatic heterocycles. The van der Waals surface area contributed by atoms with Gasteiger partial charge in [0.1, 0.15) is 6.17 Å². The van der Waals surface area contributed by atoms with Crippen LogP contribution < -0.4 is 4.90 Å². The molecule has 0 amide bonds. The molecule has 0 fully saturated rings. The van der Waals surface area contributed by atoms with E-state index in [2.05, 4.69) is 89.8 Å². The lowest BCUT2D eigenvalue weighted by molar-refractivity contribution is 0.290. The molecule has 1 unspecified atom stereocenters. The summed E-state index contributed by atoms with van der Waals surface area (Å²) < 4.78 is 0. The first-order valence-electron chi connectivity index (χ1n) is 11.7. The lowest BCUT2D eigenvalue weighted by Crippen LogP contribution is -2.40. The van der Waals surface area contributed by atoms with Crippen molar-refractivity contribution >= 4 is 5.69 Å². The quantitative estimate of drug-likeness (QED) is 0.329. The first-order valence-corrected chi connectivity index (χ1v) is 11.7. The van der Waals surface area contributed by atoms with E-state index < -0.39 is 0 Å². The van der Waals surface area contributed by atoms with Gasteiger partial charge in [-0.15, -0.1) is 0 Å². The van der Waals surface area contributed by atoms with E-state index in [1.165, 1.54) is 69.0 Å². The summed E-state index contributed by atoms with van der Waals surface area (Å²) in [6.45, 7) is 3.43. The summed E-state index contributed by atoms with van der Waals surface area (Å²) in [5, 5.41) is 0. The van der Waals surface area contributed by atoms with Gasteiger partial charge in [-0.05, 0) is 24.1 Å². The van der Waals surface area contributed by atoms with Gasteiger partial charge in [-0.3, -0.25) is 0 Å². The van der Waals surface area contributed by atoms with Crippen LogP contribution in [0, 0.1) is 0 Å². The van der Waals surface area contributed by atoms with Gasteiger partial charge in [0.15, 0.2) is 0 Å². The van der Waals surface area contributed by atoms with Gasteiger partial charge in [0.2, 0.25) is 0 Å². The number of unbranched alkanes of at least 4 members (excludes halogenated alkanes) is 8. The standard InChI is InChI=1S/C27H38N2/c1-2-3-4-5-6-7-8-9-16-21-28-22-23-29(26-19-14-11-15-20-26)27(28)24-25-17-12-10-13-18-25/h10-15,17-20,22-23,27H,2-9,16,21,24H2,1H3. The summed E-state index contributed by atoms with van der Waals surface area (Å²) >= 11 is 0. The maximum atomic E-state index is 2.54. The second-order valence-electron chi connectivity index (χ2n) is 8.28. The van der Waals surface area contributed by atoms with Gasteiger partial charge < -0.3 is 9.80 Å². The second kappa shape index (κ2) is 12.4. The SMILES string of the molecule is CCCCCCCCCCCN1C=CN(c2ccccc2)C1Cc1ccccc1. The molecule has 29 heavy (non-hydrogen) atoms. The molecule has 0 bridgehead atoms. The van der Waals surface area contributed by atoms with Gasteiger partial charge in [0.05, 0.1) is 0 Å². The largest absolute Gasteiger partial charge is 0.355 e. The third kappa shape index (κ3) is 6.96. The Morgan fingerprint density at radius 3 is 1.90 bits per heavy atom. The Labute approximate surface area is 178 Å². The van der Waals surface area contributed by atoms with Crippen LogP contribution in [-0.4, -0.2) is 17.6 Å². The van der Waals surface area contributed by atoms with Crippen molar-refractivity contribution in [3.63, 3.8) is 0 Å². The summed E-state index contributed by atoms with van der Waals surface area (Å²) in [7, 11) is 0. The van der Waals surface area contributed by atoms with Crippen molar-refractivity contribution < 1.29 is 0 Å². The first kappa shape index (κ1) is 21.5. The summed E-state index contributed by atoms with van der Waals surface area (Å²) in [6, 6.07) is 21.7. The van der Waals surface area contributed by atoms with Crippen molar-refractivity contribution in [3.8, 4) is 0 Å². The smallest absolute Gasteiger partial charge is 0.109 e. The topological polar surface area (TPSA) is 6.48 Å². The molecule has 1 aliphatic heterocycles. The Bertz CT molecular complexity index is 695. The van der Waals surface area contributed by atoms with Gasteiger partial charge in [0, 0.05) is 31.1 Å². The zero-order valence-corrected chi connectivity index (χ0v) is 18.2. The highest BCUT2D eigenvalue weighted by molar-refractivity contribution is 5.51. The van der Waals surface area contributed by atoms with Crippen molar-refractivity contribution in [3.05, 3.63) is 78.6 Å². The molecule has 156 valence electrons. The Hall–Kier alpha value is -2.22. The molecule has 2 nitrogen and oxygen atoms in total. The van der Waals surface area contributed by atoms with Gasteiger partial charge >= 0.3 is 0 Å². The van der Waals surface area contributed by atoms with E-state index in [1.807, 2.05) is 0 Å². The van der Waals surface area contributed by atoms with E-state index in [9.17, 15) is 0 Å². The summed E-state index contributed by atoms with van der Waals surface area (Å²) in [4.78, 5) is 4.97. The number of rotatable bonds is 13. The number of hydrogen-bond donors (Lipinski definition) is 0. The molecule has 0 saturated heterocycles. The molecule has 1 aliphatic rings. The highest BCUT2D eigenvalue weighted by Crippen LogP contribution is 2.27. The van der Waals surface area contributed by atoms with Gasteiger partial charge in [0.25, 0.3) is 0 Å². The highest BCUT2D eigenvalue weighted by Gasteiger charge is 2.27. The van der Waals surface area contributed by atoms with Crippen LogP contribution in [0.1, 0.15) is 70.3 Å². The van der Waals surface area contributed by atoms with Gasteiger partial charge in [-0.2, -0.15) is 0 Å². The molecule has 0 aliphatic carbocycles. The minimum atomic E-state index is 0.369. The second-order valence-corrected chi connectivity index (χ2v) is 8.28. The molecule has 2 aromatic rings. The number of anilines is 1. The van der Waals surface area contributed by atoms with E-state index in [4.69, 9.17) is 0 Å². The predicted octanol–water partition coefficient (Wildman–Crippen LogP) is 7.38. The number of benzene rings is 2. The fraction of sp³-hybridized carbons (Fsp3) is 0.481. The summed E-state index contributed by atoms with van der Waals surface area (Å²) in [5.74, 6) is 0. The monoisotopic (exact) mass is 390 g/mol. The Morgan fingerprint density at radius 1 is 0.655 bits per heavy atom. The molecule has 1 heterocycles. The minimum absolute atomic E-state index is 0.369. The molecule has 1 atom stereocenters.